The zero-order valence-corrected chi connectivity index (χ0v) is 11.9. The van der Waals surface area contributed by atoms with Gasteiger partial charge in [0.2, 0.25) is 0 Å². The Morgan fingerprint density at radius 1 is 1.35 bits per heavy atom. The molecule has 1 rings (SSSR count). The van der Waals surface area contributed by atoms with E-state index in [1.807, 2.05) is 13.8 Å². The second-order valence-corrected chi connectivity index (χ2v) is 5.19. The fraction of sp³-hybridized carbons (Fsp3) is 0.462. The fourth-order valence-corrected chi connectivity index (χ4v) is 1.67. The van der Waals surface area contributed by atoms with E-state index in [4.69, 9.17) is 11.6 Å². The predicted molar refractivity (Wildman–Crippen MR) is 72.9 cm³/mol. The molecular formula is C13H16ClF3N2O. The van der Waals surface area contributed by atoms with Gasteiger partial charge in [0, 0.05) is 11.6 Å². The van der Waals surface area contributed by atoms with Crippen LogP contribution in [-0.4, -0.2) is 12.6 Å². The van der Waals surface area contributed by atoms with Crippen LogP contribution in [-0.2, 0) is 6.18 Å². The number of anilines is 1. The van der Waals surface area contributed by atoms with Gasteiger partial charge >= 0.3 is 12.2 Å². The Morgan fingerprint density at radius 3 is 2.55 bits per heavy atom. The number of urea groups is 1. The predicted octanol–water partition coefficient (Wildman–Crippen LogP) is 4.53. The Labute approximate surface area is 120 Å². The molecule has 2 amide bonds. The smallest absolute Gasteiger partial charge is 0.338 e. The van der Waals surface area contributed by atoms with Crippen LogP contribution in [0.15, 0.2) is 18.2 Å². The molecular weight excluding hydrogens is 293 g/mol. The summed E-state index contributed by atoms with van der Waals surface area (Å²) in [5.74, 6) is 0.400. The lowest BCUT2D eigenvalue weighted by Crippen LogP contribution is -2.31. The number of carbonyl (C=O) groups excluding carboxylic acids is 1. The van der Waals surface area contributed by atoms with Gasteiger partial charge in [0.05, 0.1) is 11.3 Å². The maximum absolute atomic E-state index is 12.8. The van der Waals surface area contributed by atoms with Gasteiger partial charge < -0.3 is 10.6 Å². The van der Waals surface area contributed by atoms with E-state index < -0.39 is 17.8 Å². The van der Waals surface area contributed by atoms with Gasteiger partial charge in [-0.15, -0.1) is 0 Å². The highest BCUT2D eigenvalue weighted by molar-refractivity contribution is 6.30. The van der Waals surface area contributed by atoms with E-state index in [-0.39, 0.29) is 10.7 Å². The standard InChI is InChI=1S/C13H16ClF3N2O/c1-8(2)5-6-18-12(20)19-11-4-3-9(14)7-10(11)13(15,16)17/h3-4,7-8H,5-6H2,1-2H3,(H2,18,19,20). The Bertz CT molecular complexity index is 475. The van der Waals surface area contributed by atoms with E-state index in [0.29, 0.717) is 12.5 Å². The maximum Gasteiger partial charge on any atom is 0.418 e. The van der Waals surface area contributed by atoms with Crippen LogP contribution in [0.1, 0.15) is 25.8 Å². The Kier molecular flexibility index (Phi) is 5.68. The van der Waals surface area contributed by atoms with E-state index in [2.05, 4.69) is 10.6 Å². The van der Waals surface area contributed by atoms with E-state index in [1.165, 1.54) is 6.07 Å². The molecule has 7 heteroatoms. The Balaban J connectivity index is 2.75. The lowest BCUT2D eigenvalue weighted by Gasteiger charge is -2.15. The molecule has 0 bridgehead atoms. The summed E-state index contributed by atoms with van der Waals surface area (Å²) < 4.78 is 38.4. The molecule has 0 saturated heterocycles. The van der Waals surface area contributed by atoms with E-state index in [1.54, 1.807) is 0 Å². The average molecular weight is 309 g/mol. The Morgan fingerprint density at radius 2 is 2.00 bits per heavy atom. The summed E-state index contributed by atoms with van der Waals surface area (Å²) in [6.45, 7) is 4.37. The third kappa shape index (κ3) is 5.28. The topological polar surface area (TPSA) is 41.1 Å². The minimum Gasteiger partial charge on any atom is -0.338 e. The first-order chi connectivity index (χ1) is 9.20. The van der Waals surface area contributed by atoms with Crippen LogP contribution in [0.2, 0.25) is 5.02 Å². The first kappa shape index (κ1) is 16.6. The molecule has 0 aliphatic rings. The molecule has 1 aromatic carbocycles. The van der Waals surface area contributed by atoms with E-state index >= 15 is 0 Å². The van der Waals surface area contributed by atoms with Crippen molar-refractivity contribution in [3.63, 3.8) is 0 Å². The van der Waals surface area contributed by atoms with Gasteiger partial charge in [-0.3, -0.25) is 0 Å². The van der Waals surface area contributed by atoms with Crippen LogP contribution < -0.4 is 10.6 Å². The quantitative estimate of drug-likeness (QED) is 0.843. The third-order valence-corrected chi connectivity index (χ3v) is 2.78. The van der Waals surface area contributed by atoms with Gasteiger partial charge in [-0.1, -0.05) is 25.4 Å². The third-order valence-electron chi connectivity index (χ3n) is 2.54. The Hall–Kier alpha value is -1.43. The van der Waals surface area contributed by atoms with Crippen molar-refractivity contribution in [1.82, 2.24) is 5.32 Å². The number of benzene rings is 1. The lowest BCUT2D eigenvalue weighted by molar-refractivity contribution is -0.136. The first-order valence-electron chi connectivity index (χ1n) is 6.11. The lowest BCUT2D eigenvalue weighted by atomic mass is 10.1. The molecule has 0 aromatic heterocycles. The zero-order chi connectivity index (χ0) is 15.3. The minimum absolute atomic E-state index is 0.0388. The van der Waals surface area contributed by atoms with Crippen molar-refractivity contribution in [2.24, 2.45) is 5.92 Å². The van der Waals surface area contributed by atoms with Crippen LogP contribution in [0.5, 0.6) is 0 Å². The van der Waals surface area contributed by atoms with Gasteiger partial charge in [0.1, 0.15) is 0 Å². The van der Waals surface area contributed by atoms with Gasteiger partial charge in [0.15, 0.2) is 0 Å². The SMILES string of the molecule is CC(C)CCNC(=O)Nc1ccc(Cl)cc1C(F)(F)F. The number of hydrogen-bond acceptors (Lipinski definition) is 1. The number of alkyl halides is 3. The van der Waals surface area contributed by atoms with Gasteiger partial charge in [0.25, 0.3) is 0 Å². The highest BCUT2D eigenvalue weighted by Crippen LogP contribution is 2.36. The molecule has 0 atom stereocenters. The van der Waals surface area contributed by atoms with Gasteiger partial charge in [-0.25, -0.2) is 4.79 Å². The summed E-state index contributed by atoms with van der Waals surface area (Å²) in [6, 6.07) is 2.54. The number of hydrogen-bond donors (Lipinski definition) is 2. The van der Waals surface area contributed by atoms with Crippen LogP contribution in [0.4, 0.5) is 23.7 Å². The van der Waals surface area contributed by atoms with Crippen LogP contribution in [0.25, 0.3) is 0 Å². The maximum atomic E-state index is 12.8. The largest absolute Gasteiger partial charge is 0.418 e. The van der Waals surface area contributed by atoms with Crippen molar-refractivity contribution in [3.8, 4) is 0 Å². The normalized spacial score (nSPS) is 11.6. The molecule has 0 fully saturated rings. The summed E-state index contributed by atoms with van der Waals surface area (Å²) in [6.07, 6.45) is -3.83. The summed E-state index contributed by atoms with van der Waals surface area (Å²) in [5, 5.41) is 4.66. The summed E-state index contributed by atoms with van der Waals surface area (Å²) in [5.41, 5.74) is -1.28. The van der Waals surface area contributed by atoms with E-state index in [9.17, 15) is 18.0 Å². The molecule has 20 heavy (non-hydrogen) atoms. The number of amides is 2. The second kappa shape index (κ2) is 6.83. The van der Waals surface area contributed by atoms with Crippen molar-refractivity contribution < 1.29 is 18.0 Å². The first-order valence-corrected chi connectivity index (χ1v) is 6.49. The minimum atomic E-state index is -4.58. The molecule has 3 nitrogen and oxygen atoms in total. The van der Waals surface area contributed by atoms with E-state index in [0.717, 1.165) is 18.6 Å². The number of nitrogens with one attached hydrogen (secondary N) is 2. The molecule has 2 N–H and O–H groups in total. The monoisotopic (exact) mass is 308 g/mol. The van der Waals surface area contributed by atoms with Crippen LogP contribution >= 0.6 is 11.6 Å². The highest BCUT2D eigenvalue weighted by atomic mass is 35.5. The van der Waals surface area contributed by atoms with Crippen molar-refractivity contribution in [1.29, 1.82) is 0 Å². The number of rotatable bonds is 4. The average Bonchev–Trinajstić information content (AvgIpc) is 2.29. The molecule has 0 saturated carbocycles. The van der Waals surface area contributed by atoms with Crippen molar-refractivity contribution in [3.05, 3.63) is 28.8 Å². The second-order valence-electron chi connectivity index (χ2n) is 4.75. The molecule has 0 unspecified atom stereocenters. The van der Waals surface area contributed by atoms with Crippen molar-refractivity contribution in [2.45, 2.75) is 26.4 Å². The van der Waals surface area contributed by atoms with Gasteiger partial charge in [-0.2, -0.15) is 13.2 Å². The molecule has 0 spiro atoms. The van der Waals surface area contributed by atoms with Crippen LogP contribution in [0.3, 0.4) is 0 Å². The van der Waals surface area contributed by atoms with Gasteiger partial charge in [-0.05, 0) is 30.5 Å². The van der Waals surface area contributed by atoms with Crippen LogP contribution in [0, 0.1) is 5.92 Å². The molecule has 0 radical (unpaired) electrons. The van der Waals surface area contributed by atoms with Crippen molar-refractivity contribution in [2.75, 3.05) is 11.9 Å². The molecule has 112 valence electrons. The summed E-state index contributed by atoms with van der Waals surface area (Å²) in [4.78, 5) is 11.5. The molecule has 0 heterocycles. The molecule has 0 aliphatic carbocycles. The molecule has 0 aliphatic heterocycles. The number of halogens is 4. The van der Waals surface area contributed by atoms with Crippen molar-refractivity contribution >= 4 is 23.3 Å². The molecule has 1 aromatic rings. The highest BCUT2D eigenvalue weighted by Gasteiger charge is 2.34. The zero-order valence-electron chi connectivity index (χ0n) is 11.1. The summed E-state index contributed by atoms with van der Waals surface area (Å²) in [7, 11) is 0. The summed E-state index contributed by atoms with van der Waals surface area (Å²) >= 11 is 5.55. The fourth-order valence-electron chi connectivity index (χ4n) is 1.50. The number of carbonyl (C=O) groups is 1.